The first-order valence-electron chi connectivity index (χ1n) is 9.39. The summed E-state index contributed by atoms with van der Waals surface area (Å²) in [4.78, 5) is 7.14. The molecule has 1 atom stereocenters. The Kier molecular flexibility index (Phi) is 12.1. The number of aliphatic imine (C=N–C) groups is 1. The van der Waals surface area contributed by atoms with E-state index in [-0.39, 0.29) is 24.0 Å². The van der Waals surface area contributed by atoms with E-state index in [1.807, 2.05) is 25.1 Å². The summed E-state index contributed by atoms with van der Waals surface area (Å²) in [5, 5.41) is 7.41. The summed E-state index contributed by atoms with van der Waals surface area (Å²) in [5.74, 6) is 1.60. The first kappa shape index (κ1) is 24.3. The Morgan fingerprint density at radius 2 is 2.04 bits per heavy atom. The van der Waals surface area contributed by atoms with Gasteiger partial charge in [0.25, 0.3) is 0 Å². The van der Waals surface area contributed by atoms with Crippen molar-refractivity contribution in [3.8, 4) is 5.75 Å². The lowest BCUT2D eigenvalue weighted by Crippen LogP contribution is -2.49. The van der Waals surface area contributed by atoms with Gasteiger partial charge in [-0.15, -0.1) is 24.0 Å². The SMILES string of the molecule is CCNC(=NCc1ccc(Cl)cc1OCC)NCC(C)N1CCOCC1.I. The maximum atomic E-state index is 6.07. The zero-order chi connectivity index (χ0) is 18.8. The number of hydrogen-bond acceptors (Lipinski definition) is 4. The van der Waals surface area contributed by atoms with E-state index in [9.17, 15) is 0 Å². The summed E-state index contributed by atoms with van der Waals surface area (Å²) >= 11 is 6.07. The van der Waals surface area contributed by atoms with Crippen molar-refractivity contribution >= 4 is 41.5 Å². The van der Waals surface area contributed by atoms with Crippen LogP contribution in [0, 0.1) is 0 Å². The number of nitrogens with zero attached hydrogens (tertiary/aromatic N) is 2. The Hall–Kier alpha value is -0.770. The van der Waals surface area contributed by atoms with Crippen molar-refractivity contribution < 1.29 is 9.47 Å². The molecule has 1 aromatic carbocycles. The monoisotopic (exact) mass is 510 g/mol. The first-order valence-corrected chi connectivity index (χ1v) is 9.77. The van der Waals surface area contributed by atoms with Gasteiger partial charge in [-0.1, -0.05) is 17.7 Å². The molecule has 8 heteroatoms. The maximum Gasteiger partial charge on any atom is 0.191 e. The quantitative estimate of drug-likeness (QED) is 0.320. The van der Waals surface area contributed by atoms with Crippen LogP contribution in [0.3, 0.4) is 0 Å². The Bertz CT molecular complexity index is 583. The minimum atomic E-state index is 0. The second-order valence-corrected chi connectivity index (χ2v) is 6.69. The van der Waals surface area contributed by atoms with E-state index < -0.39 is 0 Å². The predicted octanol–water partition coefficient (Wildman–Crippen LogP) is 3.13. The van der Waals surface area contributed by atoms with Crippen LogP contribution in [0.2, 0.25) is 5.02 Å². The van der Waals surface area contributed by atoms with Crippen LogP contribution < -0.4 is 15.4 Å². The lowest BCUT2D eigenvalue weighted by Gasteiger charge is -2.32. The van der Waals surface area contributed by atoms with Crippen LogP contribution in [-0.2, 0) is 11.3 Å². The molecule has 0 radical (unpaired) electrons. The van der Waals surface area contributed by atoms with Crippen molar-refractivity contribution in [3.05, 3.63) is 28.8 Å². The molecular weight excluding hydrogens is 479 g/mol. The lowest BCUT2D eigenvalue weighted by atomic mass is 10.2. The fraction of sp³-hybridized carbons (Fsp3) is 0.632. The van der Waals surface area contributed by atoms with E-state index in [0.717, 1.165) is 56.7 Å². The van der Waals surface area contributed by atoms with Gasteiger partial charge in [0.15, 0.2) is 5.96 Å². The van der Waals surface area contributed by atoms with E-state index in [2.05, 4.69) is 29.4 Å². The van der Waals surface area contributed by atoms with Gasteiger partial charge in [-0.2, -0.15) is 0 Å². The Morgan fingerprint density at radius 1 is 1.30 bits per heavy atom. The Labute approximate surface area is 185 Å². The third-order valence-electron chi connectivity index (χ3n) is 4.31. The van der Waals surface area contributed by atoms with Crippen molar-refractivity contribution in [2.75, 3.05) is 46.0 Å². The molecule has 1 unspecified atom stereocenters. The summed E-state index contributed by atoms with van der Waals surface area (Å²) < 4.78 is 11.1. The average molecular weight is 511 g/mol. The molecule has 1 aromatic rings. The highest BCUT2D eigenvalue weighted by Gasteiger charge is 2.17. The molecule has 0 spiro atoms. The summed E-state index contributed by atoms with van der Waals surface area (Å²) in [7, 11) is 0. The van der Waals surface area contributed by atoms with Gasteiger partial charge in [0.2, 0.25) is 0 Å². The molecule has 0 aliphatic carbocycles. The molecular formula is C19H32ClIN4O2. The van der Waals surface area contributed by atoms with E-state index in [0.29, 0.717) is 24.2 Å². The van der Waals surface area contributed by atoms with E-state index in [1.165, 1.54) is 0 Å². The minimum absolute atomic E-state index is 0. The maximum absolute atomic E-state index is 6.07. The predicted molar refractivity (Wildman–Crippen MR) is 123 cm³/mol. The molecule has 2 rings (SSSR count). The molecule has 0 bridgehead atoms. The van der Waals surface area contributed by atoms with Gasteiger partial charge >= 0.3 is 0 Å². The number of halogens is 2. The normalized spacial score (nSPS) is 16.4. The molecule has 1 heterocycles. The fourth-order valence-electron chi connectivity index (χ4n) is 2.85. The number of guanidine groups is 1. The minimum Gasteiger partial charge on any atom is -0.493 e. The smallest absolute Gasteiger partial charge is 0.191 e. The lowest BCUT2D eigenvalue weighted by molar-refractivity contribution is 0.0211. The topological polar surface area (TPSA) is 58.1 Å². The Morgan fingerprint density at radius 3 is 2.70 bits per heavy atom. The van der Waals surface area contributed by atoms with Gasteiger partial charge in [0.05, 0.1) is 26.4 Å². The molecule has 27 heavy (non-hydrogen) atoms. The molecule has 1 fully saturated rings. The number of hydrogen-bond donors (Lipinski definition) is 2. The number of nitrogens with one attached hydrogen (secondary N) is 2. The molecule has 0 amide bonds. The highest BCUT2D eigenvalue weighted by molar-refractivity contribution is 14.0. The Balaban J connectivity index is 0.00000364. The summed E-state index contributed by atoms with van der Waals surface area (Å²) in [6.45, 7) is 12.7. The van der Waals surface area contributed by atoms with Gasteiger partial charge in [-0.25, -0.2) is 4.99 Å². The van der Waals surface area contributed by atoms with E-state index in [4.69, 9.17) is 26.1 Å². The van der Waals surface area contributed by atoms with Crippen LogP contribution >= 0.6 is 35.6 Å². The second-order valence-electron chi connectivity index (χ2n) is 6.26. The highest BCUT2D eigenvalue weighted by Crippen LogP contribution is 2.24. The summed E-state index contributed by atoms with van der Waals surface area (Å²) in [5.41, 5.74) is 1.02. The fourth-order valence-corrected chi connectivity index (χ4v) is 3.01. The number of ether oxygens (including phenoxy) is 2. The van der Waals surface area contributed by atoms with Crippen LogP contribution in [0.1, 0.15) is 26.3 Å². The molecule has 0 saturated carbocycles. The molecule has 1 saturated heterocycles. The van der Waals surface area contributed by atoms with E-state index >= 15 is 0 Å². The van der Waals surface area contributed by atoms with Crippen molar-refractivity contribution in [1.82, 2.24) is 15.5 Å². The van der Waals surface area contributed by atoms with Crippen LogP contribution in [-0.4, -0.2) is 62.9 Å². The highest BCUT2D eigenvalue weighted by atomic mass is 127. The standard InChI is InChI=1S/C19H31ClN4O2.HI/c1-4-21-19(22-13-15(3)24-8-10-25-11-9-24)23-14-16-6-7-17(20)12-18(16)26-5-2;/h6-7,12,15H,4-5,8-11,13-14H2,1-3H3,(H2,21,22,23);1H. The van der Waals surface area contributed by atoms with Crippen molar-refractivity contribution in [1.29, 1.82) is 0 Å². The van der Waals surface area contributed by atoms with Crippen molar-refractivity contribution in [3.63, 3.8) is 0 Å². The molecule has 6 nitrogen and oxygen atoms in total. The molecule has 0 aromatic heterocycles. The van der Waals surface area contributed by atoms with Crippen LogP contribution in [0.4, 0.5) is 0 Å². The van der Waals surface area contributed by atoms with Gasteiger partial charge < -0.3 is 20.1 Å². The summed E-state index contributed by atoms with van der Waals surface area (Å²) in [6.07, 6.45) is 0. The third kappa shape index (κ3) is 8.41. The first-order chi connectivity index (χ1) is 12.6. The average Bonchev–Trinajstić information content (AvgIpc) is 2.66. The van der Waals surface area contributed by atoms with Gasteiger partial charge in [0.1, 0.15) is 5.75 Å². The summed E-state index contributed by atoms with van der Waals surface area (Å²) in [6, 6.07) is 6.11. The van der Waals surface area contributed by atoms with Crippen molar-refractivity contribution in [2.24, 2.45) is 4.99 Å². The molecule has 1 aliphatic rings. The van der Waals surface area contributed by atoms with Gasteiger partial charge in [-0.05, 0) is 32.9 Å². The largest absolute Gasteiger partial charge is 0.493 e. The van der Waals surface area contributed by atoms with Crippen LogP contribution in [0.5, 0.6) is 5.75 Å². The van der Waals surface area contributed by atoms with Crippen LogP contribution in [0.15, 0.2) is 23.2 Å². The zero-order valence-electron chi connectivity index (χ0n) is 16.5. The third-order valence-corrected chi connectivity index (χ3v) is 4.55. The molecule has 2 N–H and O–H groups in total. The molecule has 1 aliphatic heterocycles. The van der Waals surface area contributed by atoms with Gasteiger partial charge in [-0.3, -0.25) is 4.90 Å². The van der Waals surface area contributed by atoms with Crippen molar-refractivity contribution in [2.45, 2.75) is 33.4 Å². The number of morpholine rings is 1. The number of benzene rings is 1. The van der Waals surface area contributed by atoms with Crippen LogP contribution in [0.25, 0.3) is 0 Å². The van der Waals surface area contributed by atoms with E-state index in [1.54, 1.807) is 0 Å². The van der Waals surface area contributed by atoms with Gasteiger partial charge in [0, 0.05) is 42.8 Å². The zero-order valence-corrected chi connectivity index (χ0v) is 19.5. The number of rotatable bonds is 8. The second kappa shape index (κ2) is 13.4. The molecule has 154 valence electrons.